The molecule has 0 unspecified atom stereocenters. The minimum atomic E-state index is -0.391. The first-order chi connectivity index (χ1) is 13.0. The monoisotopic (exact) mass is 370 g/mol. The Hall–Kier alpha value is -3.01. The smallest absolute Gasteiger partial charge is 0.300 e. The Labute approximate surface area is 161 Å². The molecule has 2 heterocycles. The van der Waals surface area contributed by atoms with E-state index in [-0.39, 0.29) is 6.04 Å². The average molecular weight is 371 g/mol. The van der Waals surface area contributed by atoms with Gasteiger partial charge in [-0.25, -0.2) is 4.98 Å². The molecule has 0 aromatic carbocycles. The molecule has 27 heavy (non-hydrogen) atoms. The largest absolute Gasteiger partial charge is 0.382 e. The van der Waals surface area contributed by atoms with Crippen molar-refractivity contribution in [2.75, 3.05) is 11.1 Å². The molecule has 2 aromatic rings. The van der Waals surface area contributed by atoms with Crippen molar-refractivity contribution < 1.29 is 4.79 Å². The SMILES string of the molecule is CC.CC#CC(=O)Nc1cn(C(C)C)nc1-c1nc(N)c(C/C=C/CC)[nH]1. The number of hydrogen-bond acceptors (Lipinski definition) is 4. The summed E-state index contributed by atoms with van der Waals surface area (Å²) in [5, 5.41) is 7.29. The Kier molecular flexibility index (Phi) is 8.86. The Morgan fingerprint density at radius 2 is 2.11 bits per heavy atom. The van der Waals surface area contributed by atoms with Crippen LogP contribution in [0.4, 0.5) is 11.5 Å². The first-order valence-electron chi connectivity index (χ1n) is 9.28. The van der Waals surface area contributed by atoms with Crippen molar-refractivity contribution in [3.63, 3.8) is 0 Å². The maximum Gasteiger partial charge on any atom is 0.300 e. The van der Waals surface area contributed by atoms with E-state index in [4.69, 9.17) is 5.73 Å². The molecule has 0 radical (unpaired) electrons. The molecule has 0 atom stereocenters. The number of aromatic nitrogens is 4. The topological polar surface area (TPSA) is 102 Å². The van der Waals surface area contributed by atoms with Gasteiger partial charge in [-0.15, -0.1) is 0 Å². The van der Waals surface area contributed by atoms with Gasteiger partial charge in [0.2, 0.25) is 0 Å². The van der Waals surface area contributed by atoms with Gasteiger partial charge in [-0.3, -0.25) is 9.48 Å². The fourth-order valence-corrected chi connectivity index (χ4v) is 2.25. The molecule has 2 aromatic heterocycles. The second kappa shape index (κ2) is 10.9. The zero-order valence-corrected chi connectivity index (χ0v) is 17.1. The number of carbonyl (C=O) groups is 1. The number of aromatic amines is 1. The maximum atomic E-state index is 11.8. The molecule has 0 aliphatic carbocycles. The number of rotatable bonds is 6. The van der Waals surface area contributed by atoms with Crippen LogP contribution >= 0.6 is 0 Å². The van der Waals surface area contributed by atoms with Crippen molar-refractivity contribution in [1.82, 2.24) is 19.7 Å². The third kappa shape index (κ3) is 6.03. The van der Waals surface area contributed by atoms with E-state index in [0.717, 1.165) is 12.1 Å². The summed E-state index contributed by atoms with van der Waals surface area (Å²) in [6.45, 7) is 11.7. The highest BCUT2D eigenvalue weighted by Gasteiger charge is 2.18. The van der Waals surface area contributed by atoms with E-state index < -0.39 is 5.91 Å². The quantitative estimate of drug-likeness (QED) is 0.529. The molecular formula is C20H30N6O. The Balaban J connectivity index is 0.00000176. The van der Waals surface area contributed by atoms with Gasteiger partial charge in [-0.2, -0.15) is 5.10 Å². The molecule has 0 aliphatic heterocycles. The lowest BCUT2D eigenvalue weighted by Crippen LogP contribution is -2.08. The molecule has 0 saturated heterocycles. The van der Waals surface area contributed by atoms with Gasteiger partial charge in [-0.1, -0.05) is 38.8 Å². The number of H-pyrrole nitrogens is 1. The molecule has 0 saturated carbocycles. The minimum Gasteiger partial charge on any atom is -0.382 e. The van der Waals surface area contributed by atoms with Crippen molar-refractivity contribution in [2.24, 2.45) is 0 Å². The van der Waals surface area contributed by atoms with Gasteiger partial charge >= 0.3 is 0 Å². The Morgan fingerprint density at radius 1 is 1.41 bits per heavy atom. The zero-order valence-electron chi connectivity index (χ0n) is 17.1. The molecular weight excluding hydrogens is 340 g/mol. The standard InChI is InChI=1S/C18H24N6O.C2H6/c1-5-7-8-10-13-17(19)22-18(21-13)16-14(20-15(25)9-6-2)11-24(23-16)12(3)4;1-2/h7-8,11-12H,5,10,19H2,1-4H3,(H,20,25)(H,21,22);1-2H3/b8-7+;. The van der Waals surface area contributed by atoms with Gasteiger partial charge in [0, 0.05) is 18.7 Å². The third-order valence-electron chi connectivity index (χ3n) is 3.51. The highest BCUT2D eigenvalue weighted by Crippen LogP contribution is 2.27. The Bertz CT molecular complexity index is 833. The van der Waals surface area contributed by atoms with Gasteiger partial charge in [0.25, 0.3) is 5.91 Å². The lowest BCUT2D eigenvalue weighted by Gasteiger charge is -2.02. The van der Waals surface area contributed by atoms with Crippen LogP contribution in [0.3, 0.4) is 0 Å². The van der Waals surface area contributed by atoms with E-state index in [2.05, 4.69) is 45.2 Å². The van der Waals surface area contributed by atoms with E-state index in [0.29, 0.717) is 29.4 Å². The summed E-state index contributed by atoms with van der Waals surface area (Å²) in [4.78, 5) is 19.4. The fraction of sp³-hybridized carbons (Fsp3) is 0.450. The zero-order chi connectivity index (χ0) is 20.4. The lowest BCUT2D eigenvalue weighted by atomic mass is 10.3. The lowest BCUT2D eigenvalue weighted by molar-refractivity contribution is -0.111. The van der Waals surface area contributed by atoms with Crippen molar-refractivity contribution >= 4 is 17.4 Å². The van der Waals surface area contributed by atoms with Crippen LogP contribution in [0.15, 0.2) is 18.3 Å². The molecule has 146 valence electrons. The van der Waals surface area contributed by atoms with Crippen LogP contribution in [0.1, 0.15) is 59.7 Å². The molecule has 1 amide bonds. The molecule has 7 nitrogen and oxygen atoms in total. The average Bonchev–Trinajstić information content (AvgIpc) is 3.21. The molecule has 0 bridgehead atoms. The second-order valence-electron chi connectivity index (χ2n) is 5.83. The van der Waals surface area contributed by atoms with E-state index in [1.165, 1.54) is 0 Å². The molecule has 0 aliphatic rings. The maximum absolute atomic E-state index is 11.8. The van der Waals surface area contributed by atoms with Crippen LogP contribution < -0.4 is 11.1 Å². The van der Waals surface area contributed by atoms with Crippen LogP contribution in [-0.4, -0.2) is 25.7 Å². The number of carbonyl (C=O) groups excluding carboxylic acids is 1. The predicted octanol–water partition coefficient (Wildman–Crippen LogP) is 3.93. The van der Waals surface area contributed by atoms with Gasteiger partial charge in [0.15, 0.2) is 11.5 Å². The summed E-state index contributed by atoms with van der Waals surface area (Å²) in [6.07, 6.45) is 7.52. The number of allylic oxidation sites excluding steroid dienone is 2. The third-order valence-corrected chi connectivity index (χ3v) is 3.51. The van der Waals surface area contributed by atoms with E-state index in [1.54, 1.807) is 17.8 Å². The van der Waals surface area contributed by atoms with Crippen molar-refractivity contribution in [2.45, 2.75) is 60.4 Å². The number of amides is 1. The van der Waals surface area contributed by atoms with E-state index in [1.807, 2.05) is 33.8 Å². The van der Waals surface area contributed by atoms with Crippen LogP contribution in [0.2, 0.25) is 0 Å². The summed E-state index contributed by atoms with van der Waals surface area (Å²) in [5.41, 5.74) is 7.92. The van der Waals surface area contributed by atoms with Crippen molar-refractivity contribution in [3.05, 3.63) is 24.0 Å². The van der Waals surface area contributed by atoms with Crippen LogP contribution in [0, 0.1) is 11.8 Å². The fourth-order valence-electron chi connectivity index (χ4n) is 2.25. The summed E-state index contributed by atoms with van der Waals surface area (Å²) in [7, 11) is 0. The first-order valence-corrected chi connectivity index (χ1v) is 9.28. The molecule has 2 rings (SSSR count). The number of nitrogens with one attached hydrogen (secondary N) is 2. The van der Waals surface area contributed by atoms with Crippen LogP contribution in [-0.2, 0) is 11.2 Å². The van der Waals surface area contributed by atoms with Crippen molar-refractivity contribution in [1.29, 1.82) is 0 Å². The van der Waals surface area contributed by atoms with Gasteiger partial charge in [-0.05, 0) is 33.1 Å². The Morgan fingerprint density at radius 3 is 2.70 bits per heavy atom. The summed E-state index contributed by atoms with van der Waals surface area (Å²) >= 11 is 0. The van der Waals surface area contributed by atoms with E-state index >= 15 is 0 Å². The number of anilines is 2. The summed E-state index contributed by atoms with van der Waals surface area (Å²) in [5.74, 6) is 5.60. The van der Waals surface area contributed by atoms with Crippen LogP contribution in [0.5, 0.6) is 0 Å². The molecule has 0 fully saturated rings. The number of nitrogens with zero attached hydrogens (tertiary/aromatic N) is 3. The number of nitrogen functional groups attached to an aromatic ring is 1. The van der Waals surface area contributed by atoms with Crippen LogP contribution in [0.25, 0.3) is 11.5 Å². The highest BCUT2D eigenvalue weighted by atomic mass is 16.1. The predicted molar refractivity (Wildman–Crippen MR) is 111 cm³/mol. The molecule has 4 N–H and O–H groups in total. The van der Waals surface area contributed by atoms with E-state index in [9.17, 15) is 4.79 Å². The molecule has 0 spiro atoms. The van der Waals surface area contributed by atoms with Crippen molar-refractivity contribution in [3.8, 4) is 23.4 Å². The first kappa shape index (κ1) is 22.0. The summed E-state index contributed by atoms with van der Waals surface area (Å²) < 4.78 is 1.76. The second-order valence-corrected chi connectivity index (χ2v) is 5.83. The normalized spacial score (nSPS) is 10.3. The van der Waals surface area contributed by atoms with Gasteiger partial charge in [0.05, 0.1) is 11.4 Å². The number of imidazole rings is 1. The highest BCUT2D eigenvalue weighted by molar-refractivity contribution is 6.05. The summed E-state index contributed by atoms with van der Waals surface area (Å²) in [6, 6.07) is 0.140. The molecule has 7 heteroatoms. The van der Waals surface area contributed by atoms with Gasteiger partial charge in [0.1, 0.15) is 5.82 Å². The van der Waals surface area contributed by atoms with Gasteiger partial charge < -0.3 is 16.0 Å². The number of nitrogens with two attached hydrogens (primary N) is 1. The number of hydrogen-bond donors (Lipinski definition) is 3. The minimum absolute atomic E-state index is 0.140.